The molecule has 0 nitrogen and oxygen atoms in total. The van der Waals surface area contributed by atoms with Crippen molar-refractivity contribution in [2.75, 3.05) is 17.6 Å². The molecule has 0 rings (SSSR count). The highest BCUT2D eigenvalue weighted by molar-refractivity contribution is 6.37. The minimum absolute atomic E-state index is 0.288. The van der Waals surface area contributed by atoms with Crippen molar-refractivity contribution < 1.29 is 0 Å². The third-order valence-corrected chi connectivity index (χ3v) is 2.27. The number of rotatable bonds is 3. The van der Waals surface area contributed by atoms with E-state index in [-0.39, 0.29) is 5.88 Å². The van der Waals surface area contributed by atoms with Crippen LogP contribution in [0, 0.1) is 0 Å². The van der Waals surface area contributed by atoms with Crippen molar-refractivity contribution in [3.8, 4) is 0 Å². The molecule has 0 aromatic carbocycles. The summed E-state index contributed by atoms with van der Waals surface area (Å²) in [6.07, 6.45) is 0. The predicted molar refractivity (Wildman–Crippen MR) is 45.0 cm³/mol. The van der Waals surface area contributed by atoms with Gasteiger partial charge in [0.25, 0.3) is 0 Å². The molecule has 0 aromatic rings. The van der Waals surface area contributed by atoms with Gasteiger partial charge in [0.1, 0.15) is 0 Å². The Labute approximate surface area is 74.7 Å². The predicted octanol–water partition coefficient (Wildman–Crippen LogP) is 3.20. The van der Waals surface area contributed by atoms with E-state index in [1.807, 2.05) is 0 Å². The van der Waals surface area contributed by atoms with Crippen LogP contribution in [0.15, 0.2) is 10.6 Å². The van der Waals surface area contributed by atoms with E-state index in [0.717, 1.165) is 5.57 Å². The summed E-state index contributed by atoms with van der Waals surface area (Å²) in [4.78, 5) is 0. The molecule has 0 heterocycles. The number of halogens is 4. The van der Waals surface area contributed by atoms with Crippen LogP contribution >= 0.6 is 46.4 Å². The Balaban J connectivity index is 4.01. The first-order valence-electron chi connectivity index (χ1n) is 2.30. The summed E-state index contributed by atoms with van der Waals surface area (Å²) in [5.74, 6) is 1.00. The molecule has 0 fully saturated rings. The van der Waals surface area contributed by atoms with Crippen LogP contribution in [0.5, 0.6) is 0 Å². The average molecular weight is 208 g/mol. The quantitative estimate of drug-likeness (QED) is 0.624. The number of alkyl halides is 3. The number of hydrogen-bond donors (Lipinski definition) is 0. The maximum atomic E-state index is 5.61. The van der Waals surface area contributed by atoms with E-state index in [4.69, 9.17) is 46.4 Å². The molecule has 54 valence electrons. The Morgan fingerprint density at radius 2 is 1.33 bits per heavy atom. The van der Waals surface area contributed by atoms with Gasteiger partial charge in [0.15, 0.2) is 0 Å². The Morgan fingerprint density at radius 1 is 0.889 bits per heavy atom. The molecule has 0 aliphatic heterocycles. The normalized spacial score (nSPS) is 9.33. The smallest absolute Gasteiger partial charge is 0.0582 e. The van der Waals surface area contributed by atoms with Crippen LogP contribution in [0.4, 0.5) is 0 Å². The minimum atomic E-state index is 0.288. The van der Waals surface area contributed by atoms with Crippen molar-refractivity contribution in [1.82, 2.24) is 0 Å². The molecule has 0 spiro atoms. The molecule has 0 bridgehead atoms. The van der Waals surface area contributed by atoms with Crippen molar-refractivity contribution in [2.24, 2.45) is 0 Å². The molecule has 0 aliphatic rings. The molecule has 0 aromatic heterocycles. The van der Waals surface area contributed by atoms with E-state index in [1.54, 1.807) is 0 Å². The standard InChI is InChI=1S/C5H6Cl4/c6-1-4(2-7)5(9)3-8/h1-3H2. The second-order valence-electron chi connectivity index (χ2n) is 1.41. The van der Waals surface area contributed by atoms with Gasteiger partial charge in [-0.2, -0.15) is 0 Å². The maximum Gasteiger partial charge on any atom is 0.0582 e. The fraction of sp³-hybridized carbons (Fsp3) is 0.600. The SMILES string of the molecule is ClCC(Cl)=C(CCl)CCl. The Bertz CT molecular complexity index is 102. The molecule has 0 saturated heterocycles. The summed E-state index contributed by atoms with van der Waals surface area (Å²) in [5, 5.41) is 0.557. The van der Waals surface area contributed by atoms with Crippen molar-refractivity contribution in [2.45, 2.75) is 0 Å². The van der Waals surface area contributed by atoms with Crippen LogP contribution in [0.3, 0.4) is 0 Å². The van der Waals surface area contributed by atoms with Gasteiger partial charge >= 0.3 is 0 Å². The van der Waals surface area contributed by atoms with Gasteiger partial charge in [-0.05, 0) is 5.57 Å². The van der Waals surface area contributed by atoms with Crippen LogP contribution in [-0.4, -0.2) is 17.6 Å². The van der Waals surface area contributed by atoms with Crippen LogP contribution in [0.2, 0.25) is 0 Å². The zero-order valence-electron chi connectivity index (χ0n) is 4.63. The lowest BCUT2D eigenvalue weighted by Crippen LogP contribution is -1.91. The topological polar surface area (TPSA) is 0 Å². The maximum absolute atomic E-state index is 5.61. The van der Waals surface area contributed by atoms with Crippen LogP contribution in [0.1, 0.15) is 0 Å². The van der Waals surface area contributed by atoms with E-state index in [0.29, 0.717) is 16.8 Å². The summed E-state index contributed by atoms with van der Waals surface area (Å²) in [7, 11) is 0. The zero-order valence-corrected chi connectivity index (χ0v) is 7.66. The van der Waals surface area contributed by atoms with E-state index in [2.05, 4.69) is 0 Å². The summed E-state index contributed by atoms with van der Waals surface area (Å²) in [6, 6.07) is 0. The number of allylic oxidation sites excluding steroid dienone is 2. The second-order valence-corrected chi connectivity index (χ2v) is 2.67. The van der Waals surface area contributed by atoms with E-state index >= 15 is 0 Å². The lowest BCUT2D eigenvalue weighted by molar-refractivity contribution is 1.35. The average Bonchev–Trinajstić information content (AvgIpc) is 1.90. The van der Waals surface area contributed by atoms with Crippen molar-refractivity contribution in [1.29, 1.82) is 0 Å². The van der Waals surface area contributed by atoms with Crippen LogP contribution in [0.25, 0.3) is 0 Å². The monoisotopic (exact) mass is 206 g/mol. The molecule has 9 heavy (non-hydrogen) atoms. The zero-order chi connectivity index (χ0) is 7.28. The molecule has 0 aliphatic carbocycles. The van der Waals surface area contributed by atoms with Gasteiger partial charge in [0, 0.05) is 16.8 Å². The largest absolute Gasteiger partial charge is 0.122 e. The van der Waals surface area contributed by atoms with Crippen molar-refractivity contribution >= 4 is 46.4 Å². The molecular formula is C5H6Cl4. The van der Waals surface area contributed by atoms with Gasteiger partial charge in [0.2, 0.25) is 0 Å². The molecule has 0 amide bonds. The minimum Gasteiger partial charge on any atom is -0.122 e. The van der Waals surface area contributed by atoms with Gasteiger partial charge < -0.3 is 0 Å². The van der Waals surface area contributed by atoms with Gasteiger partial charge in [-0.3, -0.25) is 0 Å². The molecule has 0 atom stereocenters. The van der Waals surface area contributed by atoms with Gasteiger partial charge in [-0.1, -0.05) is 11.6 Å². The van der Waals surface area contributed by atoms with Gasteiger partial charge in [-0.25, -0.2) is 0 Å². The third-order valence-electron chi connectivity index (χ3n) is 0.824. The van der Waals surface area contributed by atoms with E-state index in [1.165, 1.54) is 0 Å². The Morgan fingerprint density at radius 3 is 1.44 bits per heavy atom. The molecular weight excluding hydrogens is 202 g/mol. The fourth-order valence-electron chi connectivity index (χ4n) is 0.275. The lowest BCUT2D eigenvalue weighted by atomic mass is 10.3. The van der Waals surface area contributed by atoms with E-state index < -0.39 is 0 Å². The van der Waals surface area contributed by atoms with Crippen LogP contribution in [-0.2, 0) is 0 Å². The van der Waals surface area contributed by atoms with Gasteiger partial charge in [-0.15, -0.1) is 34.8 Å². The highest BCUT2D eigenvalue weighted by atomic mass is 35.5. The van der Waals surface area contributed by atoms with Crippen molar-refractivity contribution in [3.63, 3.8) is 0 Å². The molecule has 0 radical (unpaired) electrons. The lowest BCUT2D eigenvalue weighted by Gasteiger charge is -1.98. The highest BCUT2D eigenvalue weighted by Crippen LogP contribution is 2.13. The third kappa shape index (κ3) is 3.57. The summed E-state index contributed by atoms with van der Waals surface area (Å²) in [6.45, 7) is 0. The first-order chi connectivity index (χ1) is 4.26. The van der Waals surface area contributed by atoms with Gasteiger partial charge in [0.05, 0.1) is 5.88 Å². The molecule has 0 saturated carbocycles. The first kappa shape index (κ1) is 9.90. The fourth-order valence-corrected chi connectivity index (χ4v) is 1.34. The summed E-state index contributed by atoms with van der Waals surface area (Å²) < 4.78 is 0. The Hall–Kier alpha value is 0.900. The first-order valence-corrected chi connectivity index (χ1v) is 4.28. The summed E-state index contributed by atoms with van der Waals surface area (Å²) >= 11 is 21.9. The molecule has 4 heteroatoms. The second kappa shape index (κ2) is 5.67. The summed E-state index contributed by atoms with van der Waals surface area (Å²) in [5.41, 5.74) is 0.801. The Kier molecular flexibility index (Phi) is 6.23. The molecule has 0 unspecified atom stereocenters. The van der Waals surface area contributed by atoms with Crippen molar-refractivity contribution in [3.05, 3.63) is 10.6 Å². The number of hydrogen-bond acceptors (Lipinski definition) is 0. The highest BCUT2D eigenvalue weighted by Gasteiger charge is 1.99. The van der Waals surface area contributed by atoms with E-state index in [9.17, 15) is 0 Å². The molecule has 0 N–H and O–H groups in total. The van der Waals surface area contributed by atoms with Crippen LogP contribution < -0.4 is 0 Å².